The highest BCUT2D eigenvalue weighted by atomic mass is 32.1. The number of rotatable bonds is 4. The number of allylic oxidation sites excluding steroid dienone is 4. The lowest BCUT2D eigenvalue weighted by molar-refractivity contribution is 0.102. The van der Waals surface area contributed by atoms with Crippen LogP contribution in [-0.2, 0) is 4.74 Å². The highest BCUT2D eigenvalue weighted by molar-refractivity contribution is 7.12. The van der Waals surface area contributed by atoms with Crippen molar-refractivity contribution in [1.82, 2.24) is 0 Å². The van der Waals surface area contributed by atoms with Gasteiger partial charge in [-0.25, -0.2) is 0 Å². The third kappa shape index (κ3) is 2.83. The summed E-state index contributed by atoms with van der Waals surface area (Å²) in [6.07, 6.45) is 4.53. The summed E-state index contributed by atoms with van der Waals surface area (Å²) in [6.45, 7) is 0. The van der Waals surface area contributed by atoms with Crippen LogP contribution >= 0.6 is 11.3 Å². The highest BCUT2D eigenvalue weighted by Crippen LogP contribution is 2.36. The molecule has 1 atom stereocenters. The molecule has 0 saturated carbocycles. The Kier molecular flexibility index (Phi) is 4.02. The number of hydrogen-bond acceptors (Lipinski definition) is 3. The number of benzene rings is 1. The molecule has 0 amide bonds. The van der Waals surface area contributed by atoms with E-state index in [1.165, 1.54) is 11.3 Å². The van der Waals surface area contributed by atoms with Crippen molar-refractivity contribution in [2.45, 2.75) is 12.3 Å². The van der Waals surface area contributed by atoms with Gasteiger partial charge in [0.2, 0.25) is 0 Å². The lowest BCUT2D eigenvalue weighted by Gasteiger charge is -2.24. The first kappa shape index (κ1) is 13.8. The maximum atomic E-state index is 12.7. The molecule has 1 aromatic heterocycles. The van der Waals surface area contributed by atoms with Gasteiger partial charge in [0.1, 0.15) is 0 Å². The molecular weight excluding hydrogens is 280 g/mol. The minimum Gasteiger partial charge on any atom is -0.501 e. The number of hydrogen-bond donors (Lipinski definition) is 0. The van der Waals surface area contributed by atoms with Crippen LogP contribution in [0.1, 0.15) is 27.6 Å². The third-order valence-corrected chi connectivity index (χ3v) is 4.57. The smallest absolute Gasteiger partial charge is 0.199 e. The van der Waals surface area contributed by atoms with Gasteiger partial charge >= 0.3 is 0 Å². The fourth-order valence-electron chi connectivity index (χ4n) is 2.60. The molecule has 0 bridgehead atoms. The fraction of sp³-hybridized carbons (Fsp3) is 0.167. The Hall–Kier alpha value is -2.13. The van der Waals surface area contributed by atoms with E-state index in [9.17, 15) is 4.79 Å². The van der Waals surface area contributed by atoms with E-state index in [0.717, 1.165) is 28.2 Å². The Bertz CT molecular complexity index is 681. The molecule has 0 spiro atoms. The molecule has 0 radical (unpaired) electrons. The molecule has 1 aromatic carbocycles. The zero-order chi connectivity index (χ0) is 14.7. The Balaban J connectivity index is 1.99. The van der Waals surface area contributed by atoms with Gasteiger partial charge in [-0.05, 0) is 23.1 Å². The number of ketones is 1. The number of carbonyl (C=O) groups is 1. The number of Topliss-reactive ketones (excluding diaryl/α,β-unsaturated/α-hetero) is 1. The normalized spacial score (nSPS) is 17.9. The number of methoxy groups -OCH3 is 1. The summed E-state index contributed by atoms with van der Waals surface area (Å²) in [6, 6.07) is 13.9. The summed E-state index contributed by atoms with van der Waals surface area (Å²) in [5.74, 6) is 1.08. The highest BCUT2D eigenvalue weighted by Gasteiger charge is 2.27. The molecule has 3 rings (SSSR count). The summed E-state index contributed by atoms with van der Waals surface area (Å²) in [5.41, 5.74) is 1.99. The van der Waals surface area contributed by atoms with E-state index < -0.39 is 0 Å². The minimum absolute atomic E-state index is 0.0562. The van der Waals surface area contributed by atoms with Gasteiger partial charge in [-0.15, -0.1) is 11.3 Å². The van der Waals surface area contributed by atoms with Gasteiger partial charge in [0.25, 0.3) is 0 Å². The van der Waals surface area contributed by atoms with Crippen molar-refractivity contribution in [1.29, 1.82) is 0 Å². The van der Waals surface area contributed by atoms with Crippen molar-refractivity contribution in [2.24, 2.45) is 0 Å². The van der Waals surface area contributed by atoms with Gasteiger partial charge in [-0.1, -0.05) is 42.5 Å². The molecule has 1 aliphatic rings. The Morgan fingerprint density at radius 1 is 1.14 bits per heavy atom. The predicted octanol–water partition coefficient (Wildman–Crippen LogP) is 4.58. The van der Waals surface area contributed by atoms with Crippen LogP contribution < -0.4 is 0 Å². The van der Waals surface area contributed by atoms with Gasteiger partial charge < -0.3 is 4.74 Å². The van der Waals surface area contributed by atoms with Crippen molar-refractivity contribution in [2.75, 3.05) is 7.11 Å². The summed E-state index contributed by atoms with van der Waals surface area (Å²) >= 11 is 1.49. The topological polar surface area (TPSA) is 26.3 Å². The van der Waals surface area contributed by atoms with Crippen LogP contribution in [0.25, 0.3) is 0 Å². The van der Waals surface area contributed by atoms with Gasteiger partial charge in [0.15, 0.2) is 5.78 Å². The average Bonchev–Trinajstić information content (AvgIpc) is 3.09. The van der Waals surface area contributed by atoms with Crippen molar-refractivity contribution in [3.05, 3.63) is 81.8 Å². The molecule has 0 N–H and O–H groups in total. The largest absolute Gasteiger partial charge is 0.501 e. The van der Waals surface area contributed by atoms with Gasteiger partial charge in [-0.3, -0.25) is 4.79 Å². The Morgan fingerprint density at radius 2 is 1.95 bits per heavy atom. The molecule has 106 valence electrons. The molecule has 2 aromatic rings. The summed E-state index contributed by atoms with van der Waals surface area (Å²) in [7, 11) is 1.67. The Labute approximate surface area is 128 Å². The zero-order valence-electron chi connectivity index (χ0n) is 11.8. The molecule has 21 heavy (non-hydrogen) atoms. The Morgan fingerprint density at radius 3 is 2.62 bits per heavy atom. The van der Waals surface area contributed by atoms with E-state index in [1.54, 1.807) is 7.11 Å². The van der Waals surface area contributed by atoms with Crippen molar-refractivity contribution >= 4 is 17.1 Å². The molecule has 2 nitrogen and oxygen atoms in total. The first-order valence-corrected chi connectivity index (χ1v) is 7.75. The van der Waals surface area contributed by atoms with E-state index in [1.807, 2.05) is 47.9 Å². The first-order valence-electron chi connectivity index (χ1n) is 6.87. The van der Waals surface area contributed by atoms with E-state index in [4.69, 9.17) is 4.74 Å². The predicted molar refractivity (Wildman–Crippen MR) is 85.6 cm³/mol. The van der Waals surface area contributed by atoms with Crippen molar-refractivity contribution in [3.63, 3.8) is 0 Å². The number of carbonyl (C=O) groups excluding carboxylic acids is 1. The summed E-state index contributed by atoms with van der Waals surface area (Å²) < 4.78 is 5.37. The lowest BCUT2D eigenvalue weighted by Crippen LogP contribution is -2.15. The van der Waals surface area contributed by atoms with Crippen LogP contribution in [0.3, 0.4) is 0 Å². The number of thiophene rings is 1. The van der Waals surface area contributed by atoms with Crippen LogP contribution in [0.5, 0.6) is 0 Å². The maximum absolute atomic E-state index is 12.7. The fourth-order valence-corrected chi connectivity index (χ4v) is 3.28. The minimum atomic E-state index is 0.0562. The van der Waals surface area contributed by atoms with Crippen LogP contribution in [-0.4, -0.2) is 12.9 Å². The van der Waals surface area contributed by atoms with Crippen LogP contribution in [0.15, 0.2) is 71.3 Å². The van der Waals surface area contributed by atoms with Crippen LogP contribution in [0.4, 0.5) is 0 Å². The quantitative estimate of drug-likeness (QED) is 0.772. The van der Waals surface area contributed by atoms with Crippen molar-refractivity contribution < 1.29 is 9.53 Å². The second kappa shape index (κ2) is 6.10. The first-order chi connectivity index (χ1) is 10.3. The molecular formula is C18H16O2S. The second-order valence-corrected chi connectivity index (χ2v) is 5.88. The van der Waals surface area contributed by atoms with Gasteiger partial charge in [0, 0.05) is 17.9 Å². The lowest BCUT2D eigenvalue weighted by atomic mass is 9.82. The van der Waals surface area contributed by atoms with E-state index >= 15 is 0 Å². The maximum Gasteiger partial charge on any atom is 0.199 e. The molecule has 0 saturated heterocycles. The molecule has 1 heterocycles. The van der Waals surface area contributed by atoms with Crippen molar-refractivity contribution in [3.8, 4) is 0 Å². The van der Waals surface area contributed by atoms with Gasteiger partial charge in [0.05, 0.1) is 17.7 Å². The standard InChI is InChI=1S/C18H16O2S/c1-20-14-9-10-15(18(19)17-8-5-11-21-17)16(12-14)13-6-3-2-4-7-13/h2-11,16H,12H2,1H3. The van der Waals surface area contributed by atoms with E-state index in [2.05, 4.69) is 12.1 Å². The molecule has 0 aliphatic heterocycles. The molecule has 1 aliphatic carbocycles. The van der Waals surface area contributed by atoms with Crippen LogP contribution in [0.2, 0.25) is 0 Å². The second-order valence-electron chi connectivity index (χ2n) is 4.93. The molecule has 0 fully saturated rings. The van der Waals surface area contributed by atoms with Crippen LogP contribution in [0, 0.1) is 0 Å². The summed E-state index contributed by atoms with van der Waals surface area (Å²) in [4.78, 5) is 13.5. The van der Waals surface area contributed by atoms with E-state index in [0.29, 0.717) is 0 Å². The SMILES string of the molecule is COC1=CC=C(C(=O)c2cccs2)C(c2ccccc2)C1. The number of ether oxygens (including phenoxy) is 1. The zero-order valence-corrected chi connectivity index (χ0v) is 12.6. The third-order valence-electron chi connectivity index (χ3n) is 3.70. The molecule has 3 heteroatoms. The molecule has 1 unspecified atom stereocenters. The summed E-state index contributed by atoms with van der Waals surface area (Å²) in [5, 5.41) is 1.94. The average molecular weight is 296 g/mol. The monoisotopic (exact) mass is 296 g/mol. The van der Waals surface area contributed by atoms with E-state index in [-0.39, 0.29) is 11.7 Å². The van der Waals surface area contributed by atoms with Gasteiger partial charge in [-0.2, -0.15) is 0 Å².